The van der Waals surface area contributed by atoms with Crippen LogP contribution in [0.1, 0.15) is 47.2 Å². The van der Waals surface area contributed by atoms with E-state index in [0.717, 1.165) is 30.5 Å². The van der Waals surface area contributed by atoms with Gasteiger partial charge in [-0.2, -0.15) is 0 Å². The molecule has 38 heavy (non-hydrogen) atoms. The number of aliphatic hydroxyl groups excluding tert-OH is 1. The Morgan fingerprint density at radius 1 is 0.974 bits per heavy atom. The van der Waals surface area contributed by atoms with E-state index in [2.05, 4.69) is 13.0 Å². The molecule has 1 atom stereocenters. The number of nitrogens with zero attached hydrogens (tertiary/aromatic N) is 2. The van der Waals surface area contributed by atoms with Crippen LogP contribution in [0.5, 0.6) is 5.75 Å². The zero-order valence-electron chi connectivity index (χ0n) is 22.6. The van der Waals surface area contributed by atoms with Crippen LogP contribution in [0, 0.1) is 6.92 Å². The Hall–Kier alpha value is -3.90. The minimum absolute atomic E-state index is 0.123. The summed E-state index contributed by atoms with van der Waals surface area (Å²) in [5.74, 6) is -0.753. The van der Waals surface area contributed by atoms with Gasteiger partial charge in [-0.1, -0.05) is 61.0 Å². The number of benzene rings is 3. The molecular formula is C32H36N2O4. The summed E-state index contributed by atoms with van der Waals surface area (Å²) in [4.78, 5) is 30.0. The molecular weight excluding hydrogens is 476 g/mol. The second kappa shape index (κ2) is 12.1. The highest BCUT2D eigenvalue weighted by molar-refractivity contribution is 6.46. The maximum absolute atomic E-state index is 13.2. The molecule has 4 rings (SSSR count). The van der Waals surface area contributed by atoms with Crippen LogP contribution >= 0.6 is 0 Å². The Morgan fingerprint density at radius 3 is 2.32 bits per heavy atom. The molecule has 0 aromatic heterocycles. The number of Topliss-reactive ketones (excluding diaryl/α,β-unsaturated/α-hetero) is 1. The number of carbonyl (C=O) groups is 2. The Balaban J connectivity index is 1.63. The van der Waals surface area contributed by atoms with Crippen molar-refractivity contribution in [2.24, 2.45) is 0 Å². The lowest BCUT2D eigenvalue weighted by molar-refractivity contribution is -0.139. The quantitative estimate of drug-likeness (QED) is 0.220. The van der Waals surface area contributed by atoms with Gasteiger partial charge in [0, 0.05) is 12.1 Å². The van der Waals surface area contributed by atoms with Gasteiger partial charge in [0.2, 0.25) is 0 Å². The summed E-state index contributed by atoms with van der Waals surface area (Å²) in [6.45, 7) is 5.76. The van der Waals surface area contributed by atoms with Crippen LogP contribution in [-0.2, 0) is 22.6 Å². The number of amides is 1. The summed E-state index contributed by atoms with van der Waals surface area (Å²) in [6, 6.07) is 22.4. The predicted octanol–water partition coefficient (Wildman–Crippen LogP) is 5.51. The molecule has 0 bridgehead atoms. The number of aryl methyl sites for hydroxylation is 2. The summed E-state index contributed by atoms with van der Waals surface area (Å²) >= 11 is 0. The van der Waals surface area contributed by atoms with Crippen LogP contribution in [0.2, 0.25) is 0 Å². The topological polar surface area (TPSA) is 70.1 Å². The van der Waals surface area contributed by atoms with Crippen LogP contribution in [-0.4, -0.2) is 53.8 Å². The van der Waals surface area contributed by atoms with E-state index in [1.807, 2.05) is 68.4 Å². The zero-order valence-corrected chi connectivity index (χ0v) is 22.6. The van der Waals surface area contributed by atoms with Crippen molar-refractivity contribution in [3.63, 3.8) is 0 Å². The molecule has 0 spiro atoms. The first kappa shape index (κ1) is 27.1. The van der Waals surface area contributed by atoms with Gasteiger partial charge in [-0.15, -0.1) is 0 Å². The van der Waals surface area contributed by atoms with Crippen molar-refractivity contribution in [2.75, 3.05) is 27.2 Å². The van der Waals surface area contributed by atoms with Gasteiger partial charge < -0.3 is 19.6 Å². The summed E-state index contributed by atoms with van der Waals surface area (Å²) in [6.07, 6.45) is 1.61. The molecule has 1 amide bonds. The molecule has 1 aliphatic rings. The lowest BCUT2D eigenvalue weighted by Crippen LogP contribution is -2.32. The average Bonchev–Trinajstić information content (AvgIpc) is 3.17. The highest BCUT2D eigenvalue weighted by Gasteiger charge is 2.45. The van der Waals surface area contributed by atoms with E-state index < -0.39 is 17.7 Å². The Morgan fingerprint density at radius 2 is 1.68 bits per heavy atom. The molecule has 3 aromatic carbocycles. The Kier molecular flexibility index (Phi) is 8.64. The summed E-state index contributed by atoms with van der Waals surface area (Å²) < 4.78 is 5.91. The third-order valence-corrected chi connectivity index (χ3v) is 6.86. The number of likely N-dealkylation sites (tertiary alicyclic amines) is 1. The molecule has 1 aliphatic heterocycles. The fourth-order valence-electron chi connectivity index (χ4n) is 4.78. The first-order valence-corrected chi connectivity index (χ1v) is 13.1. The van der Waals surface area contributed by atoms with Crippen molar-refractivity contribution in [1.82, 2.24) is 9.80 Å². The molecule has 0 saturated carbocycles. The molecule has 1 unspecified atom stereocenters. The normalized spacial score (nSPS) is 16.9. The third kappa shape index (κ3) is 6.14. The van der Waals surface area contributed by atoms with Gasteiger partial charge in [0.15, 0.2) is 0 Å². The van der Waals surface area contributed by atoms with Crippen LogP contribution < -0.4 is 4.74 Å². The minimum Gasteiger partial charge on any atom is -0.507 e. The molecule has 1 fully saturated rings. The van der Waals surface area contributed by atoms with Gasteiger partial charge >= 0.3 is 0 Å². The number of ether oxygens (including phenoxy) is 1. The first-order chi connectivity index (χ1) is 18.3. The van der Waals surface area contributed by atoms with E-state index in [1.54, 1.807) is 29.2 Å². The monoisotopic (exact) mass is 512 g/mol. The van der Waals surface area contributed by atoms with Crippen LogP contribution in [0.25, 0.3) is 5.76 Å². The van der Waals surface area contributed by atoms with Crippen molar-refractivity contribution in [2.45, 2.75) is 39.3 Å². The van der Waals surface area contributed by atoms with Crippen molar-refractivity contribution in [1.29, 1.82) is 0 Å². The van der Waals surface area contributed by atoms with E-state index in [9.17, 15) is 14.7 Å². The highest BCUT2D eigenvalue weighted by Crippen LogP contribution is 2.39. The number of hydrogen-bond donors (Lipinski definition) is 1. The van der Waals surface area contributed by atoms with E-state index in [0.29, 0.717) is 24.5 Å². The molecule has 3 aromatic rings. The van der Waals surface area contributed by atoms with Crippen molar-refractivity contribution >= 4 is 17.4 Å². The largest absolute Gasteiger partial charge is 0.507 e. The van der Waals surface area contributed by atoms with E-state index >= 15 is 0 Å². The summed E-state index contributed by atoms with van der Waals surface area (Å²) in [7, 11) is 3.95. The number of rotatable bonds is 10. The lowest BCUT2D eigenvalue weighted by atomic mass is 9.94. The first-order valence-electron chi connectivity index (χ1n) is 13.1. The zero-order chi connectivity index (χ0) is 27.2. The van der Waals surface area contributed by atoms with Gasteiger partial charge in [0.25, 0.3) is 11.7 Å². The predicted molar refractivity (Wildman–Crippen MR) is 150 cm³/mol. The molecule has 6 heteroatoms. The maximum Gasteiger partial charge on any atom is 0.295 e. The molecule has 1 heterocycles. The highest BCUT2D eigenvalue weighted by atomic mass is 16.5. The van der Waals surface area contributed by atoms with Gasteiger partial charge in [0.1, 0.15) is 18.1 Å². The Bertz CT molecular complexity index is 1310. The second-order valence-electron chi connectivity index (χ2n) is 10.0. The maximum atomic E-state index is 13.2. The lowest BCUT2D eigenvalue weighted by Gasteiger charge is -2.26. The van der Waals surface area contributed by atoms with Crippen LogP contribution in [0.4, 0.5) is 0 Å². The van der Waals surface area contributed by atoms with Crippen molar-refractivity contribution in [3.8, 4) is 5.75 Å². The molecule has 198 valence electrons. The number of ketones is 1. The molecule has 0 aliphatic carbocycles. The smallest absolute Gasteiger partial charge is 0.295 e. The number of hydrogen-bond acceptors (Lipinski definition) is 5. The Labute approximate surface area is 225 Å². The van der Waals surface area contributed by atoms with Gasteiger partial charge in [-0.05, 0) is 81.4 Å². The van der Waals surface area contributed by atoms with E-state index in [1.165, 1.54) is 11.1 Å². The number of aliphatic hydroxyl groups is 1. The van der Waals surface area contributed by atoms with Gasteiger partial charge in [-0.3, -0.25) is 9.59 Å². The van der Waals surface area contributed by atoms with Crippen molar-refractivity contribution in [3.05, 3.63) is 106 Å². The molecule has 6 nitrogen and oxygen atoms in total. The standard InChI is InChI=1S/C32H36N2O4/c1-5-23-10-12-25(13-11-23)29-28(31(36)32(37)34(29)19-7-18-33(3)4)30(35)26-14-16-27(17-15-26)38-21-24-9-6-8-22(2)20-24/h6,8-17,20,29,35H,5,7,18-19,21H2,1-4H3/b30-28-. The van der Waals surface area contributed by atoms with Gasteiger partial charge in [0.05, 0.1) is 11.6 Å². The third-order valence-electron chi connectivity index (χ3n) is 6.86. The minimum atomic E-state index is -0.656. The fraction of sp³-hybridized carbons (Fsp3) is 0.312. The summed E-state index contributed by atoms with van der Waals surface area (Å²) in [5, 5.41) is 11.3. The van der Waals surface area contributed by atoms with Crippen LogP contribution in [0.15, 0.2) is 78.4 Å². The fourth-order valence-corrected chi connectivity index (χ4v) is 4.78. The van der Waals surface area contributed by atoms with E-state index in [-0.39, 0.29) is 11.3 Å². The molecule has 1 saturated heterocycles. The molecule has 0 radical (unpaired) electrons. The average molecular weight is 513 g/mol. The number of carbonyl (C=O) groups excluding carboxylic acids is 2. The van der Waals surface area contributed by atoms with E-state index in [4.69, 9.17) is 4.74 Å². The van der Waals surface area contributed by atoms with Crippen LogP contribution in [0.3, 0.4) is 0 Å². The van der Waals surface area contributed by atoms with Gasteiger partial charge in [-0.25, -0.2) is 0 Å². The SMILES string of the molecule is CCc1ccc(C2/C(=C(/O)c3ccc(OCc4cccc(C)c4)cc3)C(=O)C(=O)N2CCCN(C)C)cc1. The molecule has 1 N–H and O–H groups in total. The summed E-state index contributed by atoms with van der Waals surface area (Å²) in [5.41, 5.74) is 4.81. The van der Waals surface area contributed by atoms with Crippen molar-refractivity contribution < 1.29 is 19.4 Å². The second-order valence-corrected chi connectivity index (χ2v) is 10.0.